The van der Waals surface area contributed by atoms with Gasteiger partial charge in [-0.05, 0) is 25.1 Å². The third-order valence-corrected chi connectivity index (χ3v) is 7.08. The number of aryl methyl sites for hydroxylation is 1. The zero-order valence-corrected chi connectivity index (χ0v) is 15.7. The van der Waals surface area contributed by atoms with Gasteiger partial charge in [-0.25, -0.2) is 13.2 Å². The molecule has 136 valence electrons. The summed E-state index contributed by atoms with van der Waals surface area (Å²) in [6.07, 6.45) is 0. The van der Waals surface area contributed by atoms with Crippen molar-refractivity contribution in [1.82, 2.24) is 18.5 Å². The topological polar surface area (TPSA) is 91.7 Å². The van der Waals surface area contributed by atoms with Gasteiger partial charge in [0.25, 0.3) is 5.56 Å². The van der Waals surface area contributed by atoms with E-state index >= 15 is 0 Å². The SMILES string of the molecule is CCNC(=O)N1CCN(S(=O)(=O)c2ccc3sn(C)c(=O)c3c2)CC1. The van der Waals surface area contributed by atoms with Crippen molar-refractivity contribution in [3.8, 4) is 0 Å². The van der Waals surface area contributed by atoms with Crippen molar-refractivity contribution in [2.24, 2.45) is 7.05 Å². The van der Waals surface area contributed by atoms with Gasteiger partial charge in [0.2, 0.25) is 10.0 Å². The highest BCUT2D eigenvalue weighted by Crippen LogP contribution is 2.23. The first-order chi connectivity index (χ1) is 11.8. The lowest BCUT2D eigenvalue weighted by molar-refractivity contribution is 0.173. The van der Waals surface area contributed by atoms with Gasteiger partial charge in [-0.1, -0.05) is 11.5 Å². The van der Waals surface area contributed by atoms with E-state index in [2.05, 4.69) is 5.32 Å². The Balaban J connectivity index is 1.82. The lowest BCUT2D eigenvalue weighted by Crippen LogP contribution is -2.53. The third-order valence-electron chi connectivity index (χ3n) is 4.19. The van der Waals surface area contributed by atoms with Crippen LogP contribution in [0.2, 0.25) is 0 Å². The molecule has 0 unspecified atom stereocenters. The first-order valence-corrected chi connectivity index (χ1v) is 10.2. The van der Waals surface area contributed by atoms with Crippen molar-refractivity contribution in [3.05, 3.63) is 28.6 Å². The second-order valence-electron chi connectivity index (χ2n) is 5.78. The second kappa shape index (κ2) is 6.77. The van der Waals surface area contributed by atoms with Crippen LogP contribution in [0.5, 0.6) is 0 Å². The number of carbonyl (C=O) groups excluding carboxylic acids is 1. The molecule has 1 fully saturated rings. The molecule has 10 heteroatoms. The molecule has 0 saturated carbocycles. The summed E-state index contributed by atoms with van der Waals surface area (Å²) in [4.78, 5) is 25.6. The minimum Gasteiger partial charge on any atom is -0.338 e. The van der Waals surface area contributed by atoms with Gasteiger partial charge in [-0.3, -0.25) is 8.75 Å². The van der Waals surface area contributed by atoms with E-state index in [0.29, 0.717) is 25.0 Å². The minimum atomic E-state index is -3.69. The van der Waals surface area contributed by atoms with Gasteiger partial charge in [0.1, 0.15) is 0 Å². The number of amides is 2. The smallest absolute Gasteiger partial charge is 0.317 e. The molecule has 8 nitrogen and oxygen atoms in total. The maximum atomic E-state index is 12.9. The molecule has 2 aromatic rings. The standard InChI is InChI=1S/C15H20N4O4S2/c1-3-16-15(21)18-6-8-19(9-7-18)25(22,23)11-4-5-13-12(10-11)14(20)17(2)24-13/h4-5,10H,3,6-9H2,1-2H3,(H,16,21). The summed E-state index contributed by atoms with van der Waals surface area (Å²) in [5.41, 5.74) is -0.196. The zero-order chi connectivity index (χ0) is 18.2. The summed E-state index contributed by atoms with van der Waals surface area (Å²) in [5, 5.41) is 3.12. The number of nitrogens with one attached hydrogen (secondary N) is 1. The van der Waals surface area contributed by atoms with Crippen LogP contribution >= 0.6 is 11.5 Å². The molecule has 0 atom stereocenters. The first-order valence-electron chi connectivity index (χ1n) is 7.97. The predicted octanol–water partition coefficient (Wildman–Crippen LogP) is 0.636. The zero-order valence-electron chi connectivity index (χ0n) is 14.1. The maximum absolute atomic E-state index is 12.9. The Morgan fingerprint density at radius 3 is 2.56 bits per heavy atom. The van der Waals surface area contributed by atoms with E-state index in [1.54, 1.807) is 18.0 Å². The Kier molecular flexibility index (Phi) is 4.85. The van der Waals surface area contributed by atoms with Crippen molar-refractivity contribution in [3.63, 3.8) is 0 Å². The monoisotopic (exact) mass is 384 g/mol. The molecule has 25 heavy (non-hydrogen) atoms. The number of nitrogens with zero attached hydrogens (tertiary/aromatic N) is 3. The highest BCUT2D eigenvalue weighted by Gasteiger charge is 2.30. The summed E-state index contributed by atoms with van der Waals surface area (Å²) < 4.78 is 29.3. The molecule has 1 aromatic carbocycles. The van der Waals surface area contributed by atoms with Gasteiger partial charge in [-0.15, -0.1) is 0 Å². The molecule has 2 amide bonds. The van der Waals surface area contributed by atoms with Crippen LogP contribution in [0.4, 0.5) is 4.79 Å². The van der Waals surface area contributed by atoms with Gasteiger partial charge in [0, 0.05) is 39.8 Å². The average molecular weight is 384 g/mol. The number of rotatable bonds is 3. The van der Waals surface area contributed by atoms with Crippen molar-refractivity contribution < 1.29 is 13.2 Å². The van der Waals surface area contributed by atoms with Gasteiger partial charge >= 0.3 is 6.03 Å². The lowest BCUT2D eigenvalue weighted by atomic mass is 10.3. The number of hydrogen-bond donors (Lipinski definition) is 1. The molecule has 1 aromatic heterocycles. The van der Waals surface area contributed by atoms with E-state index in [0.717, 1.165) is 4.70 Å². The molecule has 1 aliphatic heterocycles. The molecule has 1 saturated heterocycles. The summed E-state index contributed by atoms with van der Waals surface area (Å²) in [6, 6.07) is 4.46. The van der Waals surface area contributed by atoms with Crippen LogP contribution in [-0.4, -0.2) is 60.3 Å². The number of hydrogen-bond acceptors (Lipinski definition) is 5. The molecular formula is C15H20N4O4S2. The molecule has 0 bridgehead atoms. The van der Waals surface area contributed by atoms with Crippen molar-refractivity contribution in [2.75, 3.05) is 32.7 Å². The van der Waals surface area contributed by atoms with Gasteiger partial charge < -0.3 is 10.2 Å². The summed E-state index contributed by atoms with van der Waals surface area (Å²) in [7, 11) is -2.04. The molecule has 1 N–H and O–H groups in total. The molecule has 0 spiro atoms. The fraction of sp³-hybridized carbons (Fsp3) is 0.467. The highest BCUT2D eigenvalue weighted by atomic mass is 32.2. The van der Waals surface area contributed by atoms with E-state index in [4.69, 9.17) is 0 Å². The molecule has 0 aliphatic carbocycles. The number of urea groups is 1. The van der Waals surface area contributed by atoms with Crippen LogP contribution < -0.4 is 10.9 Å². The number of benzene rings is 1. The van der Waals surface area contributed by atoms with Crippen LogP contribution in [0.3, 0.4) is 0 Å². The highest BCUT2D eigenvalue weighted by molar-refractivity contribution is 7.89. The third kappa shape index (κ3) is 3.29. The second-order valence-corrected chi connectivity index (χ2v) is 8.89. The first kappa shape index (κ1) is 17.9. The summed E-state index contributed by atoms with van der Waals surface area (Å²) in [6.45, 7) is 3.52. The Morgan fingerprint density at radius 1 is 1.24 bits per heavy atom. The molecule has 1 aliphatic rings. The number of fused-ring (bicyclic) bond motifs is 1. The van der Waals surface area contributed by atoms with Crippen molar-refractivity contribution >= 4 is 37.7 Å². The Morgan fingerprint density at radius 2 is 1.92 bits per heavy atom. The van der Waals surface area contributed by atoms with Crippen LogP contribution in [-0.2, 0) is 17.1 Å². The fourth-order valence-electron chi connectivity index (χ4n) is 2.82. The number of piperazine rings is 1. The summed E-state index contributed by atoms with van der Waals surface area (Å²) in [5.74, 6) is 0. The van der Waals surface area contributed by atoms with Crippen LogP contribution in [0.25, 0.3) is 10.1 Å². The molecule has 3 rings (SSSR count). The number of aromatic nitrogens is 1. The van der Waals surface area contributed by atoms with Crippen LogP contribution in [0.1, 0.15) is 6.92 Å². The Labute approximate surface area is 149 Å². The average Bonchev–Trinajstić information content (AvgIpc) is 2.89. The van der Waals surface area contributed by atoms with E-state index in [-0.39, 0.29) is 29.6 Å². The van der Waals surface area contributed by atoms with E-state index in [9.17, 15) is 18.0 Å². The van der Waals surface area contributed by atoms with E-state index in [1.165, 1.54) is 31.9 Å². The van der Waals surface area contributed by atoms with Gasteiger partial charge in [0.05, 0.1) is 15.0 Å². The van der Waals surface area contributed by atoms with Gasteiger partial charge in [0.15, 0.2) is 0 Å². The Bertz CT molecular complexity index is 956. The largest absolute Gasteiger partial charge is 0.338 e. The van der Waals surface area contributed by atoms with E-state index < -0.39 is 10.0 Å². The van der Waals surface area contributed by atoms with Crippen molar-refractivity contribution in [2.45, 2.75) is 11.8 Å². The predicted molar refractivity (Wildman–Crippen MR) is 96.5 cm³/mol. The van der Waals surface area contributed by atoms with Gasteiger partial charge in [-0.2, -0.15) is 4.31 Å². The number of sulfonamides is 1. The maximum Gasteiger partial charge on any atom is 0.317 e. The van der Waals surface area contributed by atoms with Crippen LogP contribution in [0.15, 0.2) is 27.9 Å². The fourth-order valence-corrected chi connectivity index (χ4v) is 5.12. The van der Waals surface area contributed by atoms with E-state index in [1.807, 2.05) is 6.92 Å². The molecular weight excluding hydrogens is 364 g/mol. The summed E-state index contributed by atoms with van der Waals surface area (Å²) >= 11 is 1.29. The molecule has 0 radical (unpaired) electrons. The minimum absolute atomic E-state index is 0.113. The molecule has 2 heterocycles. The number of carbonyl (C=O) groups is 1. The quantitative estimate of drug-likeness (QED) is 0.840. The normalized spacial score (nSPS) is 16.3. The van der Waals surface area contributed by atoms with Crippen LogP contribution in [0, 0.1) is 0 Å². The van der Waals surface area contributed by atoms with Crippen molar-refractivity contribution in [1.29, 1.82) is 0 Å². The lowest BCUT2D eigenvalue weighted by Gasteiger charge is -2.33. The Hall–Kier alpha value is -1.91.